The smallest absolute Gasteiger partial charge is 0.294 e. The molecule has 1 amide bonds. The number of aromatic amines is 1. The third-order valence-corrected chi connectivity index (χ3v) is 5.31. The molecule has 8 heteroatoms. The van der Waals surface area contributed by atoms with Crippen LogP contribution in [0.3, 0.4) is 0 Å². The number of amides is 1. The number of nitrogens with one attached hydrogen (secondary N) is 2. The fraction of sp³-hybridized carbons (Fsp3) is 0.231. The van der Waals surface area contributed by atoms with E-state index < -0.39 is 5.91 Å². The third kappa shape index (κ3) is 6.05. The number of pyridine rings is 1. The number of anilines is 1. The van der Waals surface area contributed by atoms with Crippen LogP contribution in [0.5, 0.6) is 5.75 Å². The summed E-state index contributed by atoms with van der Waals surface area (Å²) in [4.78, 5) is 20.0. The number of unbranched alkanes of at least 4 members (excludes halogenated alkanes) is 1. The molecule has 0 atom stereocenters. The summed E-state index contributed by atoms with van der Waals surface area (Å²) in [6.07, 6.45) is 3.72. The van der Waals surface area contributed by atoms with E-state index in [1.165, 1.54) is 0 Å². The Balaban J connectivity index is 1.44. The van der Waals surface area contributed by atoms with E-state index in [4.69, 9.17) is 9.84 Å². The van der Waals surface area contributed by atoms with Crippen molar-refractivity contribution in [3.05, 3.63) is 89.6 Å². The van der Waals surface area contributed by atoms with Crippen molar-refractivity contribution in [2.24, 2.45) is 0 Å². The van der Waals surface area contributed by atoms with Gasteiger partial charge in [-0.15, -0.1) is 10.2 Å². The van der Waals surface area contributed by atoms with Crippen molar-refractivity contribution < 1.29 is 14.6 Å². The maximum Gasteiger partial charge on any atom is 0.294 e. The lowest BCUT2D eigenvalue weighted by Crippen LogP contribution is -2.14. The first-order valence-electron chi connectivity index (χ1n) is 11.2. The summed E-state index contributed by atoms with van der Waals surface area (Å²) in [5.74, 6) is 1.51. The van der Waals surface area contributed by atoms with Crippen molar-refractivity contribution in [2.75, 3.05) is 18.5 Å². The number of nitrogens with zero attached hydrogens (tertiary/aromatic N) is 3. The Morgan fingerprint density at radius 3 is 2.74 bits per heavy atom. The van der Waals surface area contributed by atoms with Crippen LogP contribution in [-0.4, -0.2) is 44.4 Å². The molecule has 2 heterocycles. The van der Waals surface area contributed by atoms with E-state index in [0.29, 0.717) is 31.1 Å². The first-order chi connectivity index (χ1) is 16.6. The SMILES string of the molecule is Cc1ccc(OCCCCO)cc1-c1ccnc(NC(=O)c2nnc(Cc3ccccc3)[nH]2)c1. The van der Waals surface area contributed by atoms with Gasteiger partial charge in [0, 0.05) is 19.2 Å². The van der Waals surface area contributed by atoms with E-state index in [0.717, 1.165) is 34.4 Å². The lowest BCUT2D eigenvalue weighted by molar-refractivity contribution is 0.101. The Hall–Kier alpha value is -4.04. The van der Waals surface area contributed by atoms with Gasteiger partial charge >= 0.3 is 0 Å². The lowest BCUT2D eigenvalue weighted by Gasteiger charge is -2.12. The summed E-state index contributed by atoms with van der Waals surface area (Å²) in [7, 11) is 0. The zero-order valence-electron chi connectivity index (χ0n) is 19.0. The van der Waals surface area contributed by atoms with Crippen LogP contribution >= 0.6 is 0 Å². The number of hydrogen-bond acceptors (Lipinski definition) is 6. The molecule has 0 spiro atoms. The van der Waals surface area contributed by atoms with E-state index >= 15 is 0 Å². The standard InChI is InChI=1S/C26H27N5O3/c1-18-9-10-21(34-14-6-5-13-32)17-22(18)20-11-12-27-23(16-20)29-26(33)25-28-24(30-31-25)15-19-7-3-2-4-8-19/h2-4,7-12,16-17,32H,5-6,13-15H2,1H3,(H,27,29,33)(H,28,30,31). The zero-order chi connectivity index (χ0) is 23.8. The summed E-state index contributed by atoms with van der Waals surface area (Å²) in [5.41, 5.74) is 4.05. The minimum absolute atomic E-state index is 0.132. The minimum Gasteiger partial charge on any atom is -0.494 e. The van der Waals surface area contributed by atoms with Crippen LogP contribution in [0.4, 0.5) is 5.82 Å². The molecule has 4 rings (SSSR count). The zero-order valence-corrected chi connectivity index (χ0v) is 19.0. The van der Waals surface area contributed by atoms with E-state index in [1.54, 1.807) is 6.20 Å². The average molecular weight is 458 g/mol. The number of aliphatic hydroxyl groups excluding tert-OH is 1. The van der Waals surface area contributed by atoms with Gasteiger partial charge in [-0.05, 0) is 66.3 Å². The van der Waals surface area contributed by atoms with Crippen LogP contribution < -0.4 is 10.1 Å². The van der Waals surface area contributed by atoms with E-state index in [9.17, 15) is 4.79 Å². The topological polar surface area (TPSA) is 113 Å². The van der Waals surface area contributed by atoms with Gasteiger partial charge < -0.3 is 20.1 Å². The number of benzene rings is 2. The van der Waals surface area contributed by atoms with Crippen molar-refractivity contribution >= 4 is 11.7 Å². The van der Waals surface area contributed by atoms with E-state index in [-0.39, 0.29) is 12.4 Å². The van der Waals surface area contributed by atoms with Crippen molar-refractivity contribution in [2.45, 2.75) is 26.2 Å². The van der Waals surface area contributed by atoms with Crippen molar-refractivity contribution in [3.63, 3.8) is 0 Å². The predicted molar refractivity (Wildman–Crippen MR) is 130 cm³/mol. The van der Waals surface area contributed by atoms with Gasteiger partial charge in [0.15, 0.2) is 0 Å². The molecule has 0 saturated carbocycles. The molecule has 4 aromatic rings. The second-order valence-corrected chi connectivity index (χ2v) is 7.92. The average Bonchev–Trinajstić information content (AvgIpc) is 3.32. The fourth-order valence-electron chi connectivity index (χ4n) is 3.52. The van der Waals surface area contributed by atoms with Gasteiger partial charge in [0.2, 0.25) is 5.82 Å². The van der Waals surface area contributed by atoms with Crippen LogP contribution in [-0.2, 0) is 6.42 Å². The van der Waals surface area contributed by atoms with Crippen LogP contribution in [0.25, 0.3) is 11.1 Å². The molecule has 8 nitrogen and oxygen atoms in total. The lowest BCUT2D eigenvalue weighted by atomic mass is 10.0. The predicted octanol–water partition coefficient (Wildman–Crippen LogP) is 4.17. The molecule has 2 aromatic carbocycles. The van der Waals surface area contributed by atoms with Gasteiger partial charge in [0.1, 0.15) is 17.4 Å². The second-order valence-electron chi connectivity index (χ2n) is 7.92. The highest BCUT2D eigenvalue weighted by Gasteiger charge is 2.14. The van der Waals surface area contributed by atoms with Crippen molar-refractivity contribution in [1.29, 1.82) is 0 Å². The molecular formula is C26H27N5O3. The van der Waals surface area contributed by atoms with Crippen molar-refractivity contribution in [1.82, 2.24) is 20.2 Å². The van der Waals surface area contributed by atoms with Crippen LogP contribution in [0.15, 0.2) is 66.9 Å². The summed E-state index contributed by atoms with van der Waals surface area (Å²) < 4.78 is 5.81. The quantitative estimate of drug-likeness (QED) is 0.308. The van der Waals surface area contributed by atoms with Gasteiger partial charge in [-0.25, -0.2) is 4.98 Å². The molecule has 0 aliphatic rings. The number of rotatable bonds is 10. The van der Waals surface area contributed by atoms with Crippen molar-refractivity contribution in [3.8, 4) is 16.9 Å². The number of ether oxygens (including phenoxy) is 1. The molecule has 2 aromatic heterocycles. The number of H-pyrrole nitrogens is 1. The van der Waals surface area contributed by atoms with Crippen LogP contribution in [0.2, 0.25) is 0 Å². The van der Waals surface area contributed by atoms with Gasteiger partial charge in [-0.3, -0.25) is 4.79 Å². The number of aliphatic hydroxyl groups is 1. The largest absolute Gasteiger partial charge is 0.494 e. The molecule has 0 bridgehead atoms. The highest BCUT2D eigenvalue weighted by molar-refractivity contribution is 6.01. The Bertz CT molecular complexity index is 1240. The van der Waals surface area contributed by atoms with Gasteiger partial charge in [-0.1, -0.05) is 36.4 Å². The van der Waals surface area contributed by atoms with E-state index in [2.05, 4.69) is 25.5 Å². The number of hydrogen-bond donors (Lipinski definition) is 3. The molecule has 0 fully saturated rings. The molecule has 0 aliphatic carbocycles. The number of carbonyl (C=O) groups excluding carboxylic acids is 1. The molecular weight excluding hydrogens is 430 g/mol. The van der Waals surface area contributed by atoms with Gasteiger partial charge in [0.25, 0.3) is 5.91 Å². The fourth-order valence-corrected chi connectivity index (χ4v) is 3.52. The summed E-state index contributed by atoms with van der Waals surface area (Å²) in [6.45, 7) is 2.73. The molecule has 0 radical (unpaired) electrons. The monoisotopic (exact) mass is 457 g/mol. The molecule has 3 N–H and O–H groups in total. The number of carbonyl (C=O) groups is 1. The molecule has 0 aliphatic heterocycles. The molecule has 0 unspecified atom stereocenters. The highest BCUT2D eigenvalue weighted by Crippen LogP contribution is 2.29. The minimum atomic E-state index is -0.408. The maximum absolute atomic E-state index is 12.7. The molecule has 174 valence electrons. The normalized spacial score (nSPS) is 10.8. The molecule has 34 heavy (non-hydrogen) atoms. The second kappa shape index (κ2) is 11.2. The number of aromatic nitrogens is 4. The first-order valence-corrected chi connectivity index (χ1v) is 11.2. The van der Waals surface area contributed by atoms with Gasteiger partial charge in [-0.2, -0.15) is 0 Å². The van der Waals surface area contributed by atoms with Crippen LogP contribution in [0, 0.1) is 6.92 Å². The van der Waals surface area contributed by atoms with Crippen LogP contribution in [0.1, 0.15) is 40.4 Å². The Labute approximate surface area is 198 Å². The van der Waals surface area contributed by atoms with E-state index in [1.807, 2.05) is 67.6 Å². The summed E-state index contributed by atoms with van der Waals surface area (Å²) in [6, 6.07) is 19.5. The first kappa shape index (κ1) is 23.1. The highest BCUT2D eigenvalue weighted by atomic mass is 16.5. The number of aryl methyl sites for hydroxylation is 1. The van der Waals surface area contributed by atoms with Gasteiger partial charge in [0.05, 0.1) is 6.61 Å². The summed E-state index contributed by atoms with van der Waals surface area (Å²) in [5, 5.41) is 19.8. The molecule has 0 saturated heterocycles. The Morgan fingerprint density at radius 2 is 1.91 bits per heavy atom. The Kier molecular flexibility index (Phi) is 7.62. The maximum atomic E-state index is 12.7. The summed E-state index contributed by atoms with van der Waals surface area (Å²) >= 11 is 0. The third-order valence-electron chi connectivity index (χ3n) is 5.31. The Morgan fingerprint density at radius 1 is 1.06 bits per heavy atom.